The Kier molecular flexibility index (Phi) is 5.36. The fraction of sp³-hybridized carbons (Fsp3) is 0.235. The second-order valence-electron chi connectivity index (χ2n) is 4.73. The summed E-state index contributed by atoms with van der Waals surface area (Å²) in [6.07, 6.45) is 0.549. The Bertz CT molecular complexity index is 638. The number of rotatable bonds is 6. The summed E-state index contributed by atoms with van der Waals surface area (Å²) in [4.78, 5) is 10.8. The zero-order chi connectivity index (χ0) is 15.9. The number of carbonyl (C=O) groups is 1. The Hall–Kier alpha value is -2.56. The third-order valence-corrected chi connectivity index (χ3v) is 3.07. The summed E-state index contributed by atoms with van der Waals surface area (Å²) in [6, 6.07) is 10.6. The van der Waals surface area contributed by atoms with Crippen molar-refractivity contribution in [1.29, 1.82) is 0 Å². The molecule has 0 heterocycles. The van der Waals surface area contributed by atoms with Gasteiger partial charge < -0.3 is 14.6 Å². The minimum atomic E-state index is -1.40. The summed E-state index contributed by atoms with van der Waals surface area (Å²) in [6.45, 7) is 2.65. The molecule has 2 aromatic carbocycles. The molecule has 0 aliphatic rings. The second kappa shape index (κ2) is 7.45. The lowest BCUT2D eigenvalue weighted by molar-refractivity contribution is 0.144. The van der Waals surface area contributed by atoms with Crippen LogP contribution in [0.2, 0.25) is 0 Å². The minimum absolute atomic E-state index is 0.182. The molecule has 1 N–H and O–H groups in total. The van der Waals surface area contributed by atoms with Gasteiger partial charge in [0.1, 0.15) is 17.3 Å². The van der Waals surface area contributed by atoms with Crippen LogP contribution < -0.4 is 9.47 Å². The molecule has 2 rings (SSSR count). The smallest absolute Gasteiger partial charge is 0.494 e. The predicted octanol–water partition coefficient (Wildman–Crippen LogP) is 4.73. The van der Waals surface area contributed by atoms with Gasteiger partial charge >= 0.3 is 6.16 Å². The van der Waals surface area contributed by atoms with E-state index >= 15 is 0 Å². The van der Waals surface area contributed by atoms with E-state index in [9.17, 15) is 9.18 Å². The summed E-state index contributed by atoms with van der Waals surface area (Å²) in [7, 11) is 0. The van der Waals surface area contributed by atoms with Gasteiger partial charge in [-0.05, 0) is 42.3 Å². The molecule has 0 aliphatic carbocycles. The molecule has 4 nitrogen and oxygen atoms in total. The first-order valence-electron chi connectivity index (χ1n) is 7.03. The molecule has 0 aliphatic heterocycles. The molecule has 116 valence electrons. The summed E-state index contributed by atoms with van der Waals surface area (Å²) < 4.78 is 23.4. The predicted molar refractivity (Wildman–Crippen MR) is 80.9 cm³/mol. The molecule has 0 saturated heterocycles. The van der Waals surface area contributed by atoms with Crippen molar-refractivity contribution in [3.63, 3.8) is 0 Å². The fourth-order valence-electron chi connectivity index (χ4n) is 1.97. The third-order valence-electron chi connectivity index (χ3n) is 3.07. The molecule has 0 saturated carbocycles. The maximum absolute atomic E-state index is 13.0. The van der Waals surface area contributed by atoms with E-state index < -0.39 is 6.16 Å². The van der Waals surface area contributed by atoms with Crippen LogP contribution in [-0.4, -0.2) is 17.9 Å². The highest BCUT2D eigenvalue weighted by molar-refractivity contribution is 5.75. The van der Waals surface area contributed by atoms with E-state index in [-0.39, 0.29) is 11.6 Å². The zero-order valence-electron chi connectivity index (χ0n) is 12.2. The van der Waals surface area contributed by atoms with E-state index in [0.717, 1.165) is 12.8 Å². The van der Waals surface area contributed by atoms with Gasteiger partial charge in [0.15, 0.2) is 0 Å². The quantitative estimate of drug-likeness (QED) is 0.476. The molecule has 0 amide bonds. The second-order valence-corrected chi connectivity index (χ2v) is 4.73. The Labute approximate surface area is 128 Å². The van der Waals surface area contributed by atoms with Crippen molar-refractivity contribution in [1.82, 2.24) is 0 Å². The van der Waals surface area contributed by atoms with Crippen LogP contribution in [0.1, 0.15) is 19.8 Å². The first kappa shape index (κ1) is 15.8. The van der Waals surface area contributed by atoms with Crippen LogP contribution in [0.5, 0.6) is 11.5 Å². The molecule has 0 radical (unpaired) electrons. The van der Waals surface area contributed by atoms with Crippen molar-refractivity contribution in [3.05, 3.63) is 48.3 Å². The van der Waals surface area contributed by atoms with E-state index in [4.69, 9.17) is 14.6 Å². The molecule has 0 aromatic heterocycles. The summed E-state index contributed by atoms with van der Waals surface area (Å²) >= 11 is 0. The van der Waals surface area contributed by atoms with Crippen molar-refractivity contribution in [2.75, 3.05) is 6.61 Å². The van der Waals surface area contributed by atoms with Crippen LogP contribution >= 0.6 is 0 Å². The molecule has 0 fully saturated rings. The van der Waals surface area contributed by atoms with E-state index in [1.54, 1.807) is 24.3 Å². The van der Waals surface area contributed by atoms with Crippen molar-refractivity contribution in [2.45, 2.75) is 19.8 Å². The molecule has 0 unspecified atom stereocenters. The molecule has 0 atom stereocenters. The number of halogens is 1. The Morgan fingerprint density at radius 1 is 1.18 bits per heavy atom. The van der Waals surface area contributed by atoms with E-state index in [1.165, 1.54) is 18.2 Å². The van der Waals surface area contributed by atoms with Gasteiger partial charge in [-0.3, -0.25) is 0 Å². The highest BCUT2D eigenvalue weighted by atomic mass is 19.1. The van der Waals surface area contributed by atoms with Crippen molar-refractivity contribution >= 4 is 6.16 Å². The van der Waals surface area contributed by atoms with E-state index in [1.807, 2.05) is 0 Å². The van der Waals surface area contributed by atoms with Gasteiger partial charge in [-0.2, -0.15) is 0 Å². The number of ether oxygens (including phenoxy) is 2. The Morgan fingerprint density at radius 2 is 1.91 bits per heavy atom. The van der Waals surface area contributed by atoms with E-state index in [2.05, 4.69) is 6.92 Å². The number of hydrogen-bond acceptors (Lipinski definition) is 3. The lowest BCUT2D eigenvalue weighted by atomic mass is 10.0. The van der Waals surface area contributed by atoms with Gasteiger partial charge in [0.25, 0.3) is 0 Å². The van der Waals surface area contributed by atoms with Gasteiger partial charge in [-0.15, -0.1) is 0 Å². The summed E-state index contributed by atoms with van der Waals surface area (Å²) in [5, 5.41) is 8.81. The maximum Gasteiger partial charge on any atom is 0.511 e. The molecule has 5 heteroatoms. The number of unbranched alkanes of at least 4 members (excludes halogenated alkanes) is 1. The first-order valence-corrected chi connectivity index (χ1v) is 7.03. The average molecular weight is 304 g/mol. The largest absolute Gasteiger partial charge is 0.511 e. The molecule has 0 spiro atoms. The van der Waals surface area contributed by atoms with Crippen molar-refractivity contribution in [2.24, 2.45) is 0 Å². The standard InChI is InChI=1S/C17H17FO4/c1-2-3-10-21-14-8-9-16(22-17(19)20)15(11-14)12-4-6-13(18)7-5-12/h4-9,11H,2-3,10H2,1H3,(H,19,20). The number of benzene rings is 2. The van der Waals surface area contributed by atoms with Gasteiger partial charge in [0.05, 0.1) is 6.61 Å². The lowest BCUT2D eigenvalue weighted by Crippen LogP contribution is -2.04. The van der Waals surface area contributed by atoms with Crippen LogP contribution in [0.15, 0.2) is 42.5 Å². The first-order chi connectivity index (χ1) is 10.6. The Balaban J connectivity index is 2.34. The van der Waals surface area contributed by atoms with Crippen molar-refractivity contribution < 1.29 is 23.8 Å². The van der Waals surface area contributed by atoms with E-state index in [0.29, 0.717) is 23.5 Å². The van der Waals surface area contributed by atoms with Crippen LogP contribution in [0.3, 0.4) is 0 Å². The lowest BCUT2D eigenvalue weighted by Gasteiger charge is -2.12. The fourth-order valence-corrected chi connectivity index (χ4v) is 1.97. The van der Waals surface area contributed by atoms with Crippen LogP contribution in [0.25, 0.3) is 11.1 Å². The molecular weight excluding hydrogens is 287 g/mol. The third kappa shape index (κ3) is 4.22. The normalized spacial score (nSPS) is 10.3. The molecule has 22 heavy (non-hydrogen) atoms. The molecular formula is C17H17FO4. The topological polar surface area (TPSA) is 55.8 Å². The van der Waals surface area contributed by atoms with Gasteiger partial charge in [-0.25, -0.2) is 9.18 Å². The van der Waals surface area contributed by atoms with Crippen LogP contribution in [0, 0.1) is 5.82 Å². The number of hydrogen-bond donors (Lipinski definition) is 1. The summed E-state index contributed by atoms with van der Waals surface area (Å²) in [5.74, 6) is 0.437. The van der Waals surface area contributed by atoms with Crippen LogP contribution in [-0.2, 0) is 0 Å². The SMILES string of the molecule is CCCCOc1ccc(OC(=O)O)c(-c2ccc(F)cc2)c1. The van der Waals surface area contributed by atoms with Gasteiger partial charge in [-0.1, -0.05) is 25.5 Å². The monoisotopic (exact) mass is 304 g/mol. The highest BCUT2D eigenvalue weighted by Crippen LogP contribution is 2.34. The minimum Gasteiger partial charge on any atom is -0.494 e. The maximum atomic E-state index is 13.0. The molecule has 0 bridgehead atoms. The highest BCUT2D eigenvalue weighted by Gasteiger charge is 2.12. The van der Waals surface area contributed by atoms with Gasteiger partial charge in [0, 0.05) is 5.56 Å². The van der Waals surface area contributed by atoms with Crippen LogP contribution in [0.4, 0.5) is 9.18 Å². The van der Waals surface area contributed by atoms with Crippen molar-refractivity contribution in [3.8, 4) is 22.6 Å². The van der Waals surface area contributed by atoms with Gasteiger partial charge in [0.2, 0.25) is 0 Å². The summed E-state index contributed by atoms with van der Waals surface area (Å²) in [5.41, 5.74) is 1.19. The zero-order valence-corrected chi connectivity index (χ0v) is 12.2. The molecule has 2 aromatic rings. The number of carboxylic acid groups (broad SMARTS) is 1. The average Bonchev–Trinajstić information content (AvgIpc) is 2.49. The Morgan fingerprint density at radius 3 is 2.55 bits per heavy atom.